The lowest BCUT2D eigenvalue weighted by Gasteiger charge is -2.26. The maximum absolute atomic E-state index is 4.27. The van der Waals surface area contributed by atoms with Gasteiger partial charge < -0.3 is 5.32 Å². The van der Waals surface area contributed by atoms with Crippen LogP contribution in [0.1, 0.15) is 43.9 Å². The van der Waals surface area contributed by atoms with E-state index in [9.17, 15) is 0 Å². The molecule has 0 amide bonds. The smallest absolute Gasteiger partial charge is 0.0366 e. The summed E-state index contributed by atoms with van der Waals surface area (Å²) in [5, 5.41) is 3.62. The largest absolute Gasteiger partial charge is 0.310 e. The molecule has 2 nitrogen and oxygen atoms in total. The first-order valence-electron chi connectivity index (χ1n) is 6.38. The van der Waals surface area contributed by atoms with Crippen LogP contribution in [-0.2, 0) is 0 Å². The molecule has 2 heteroatoms. The van der Waals surface area contributed by atoms with Crippen molar-refractivity contribution in [3.05, 3.63) is 29.6 Å². The van der Waals surface area contributed by atoms with Gasteiger partial charge in [-0.25, -0.2) is 0 Å². The zero-order chi connectivity index (χ0) is 11.5. The second-order valence-corrected chi connectivity index (χ2v) is 4.96. The van der Waals surface area contributed by atoms with Crippen LogP contribution in [0.25, 0.3) is 0 Å². The van der Waals surface area contributed by atoms with E-state index in [-0.39, 0.29) is 0 Å². The van der Waals surface area contributed by atoms with Gasteiger partial charge in [-0.2, -0.15) is 0 Å². The predicted octanol–water partition coefficient (Wildman–Crippen LogP) is 3.09. The van der Waals surface area contributed by atoms with Gasteiger partial charge in [0.25, 0.3) is 0 Å². The molecule has 1 saturated carbocycles. The SMILES string of the molecule is CCNC(c1cnccc1C)C(C)C1CC1. The summed E-state index contributed by atoms with van der Waals surface area (Å²) in [5.74, 6) is 1.64. The van der Waals surface area contributed by atoms with Gasteiger partial charge in [0.1, 0.15) is 0 Å². The van der Waals surface area contributed by atoms with Crippen molar-refractivity contribution in [2.45, 2.75) is 39.7 Å². The fraction of sp³-hybridized carbons (Fsp3) is 0.643. The Morgan fingerprint density at radius 1 is 1.50 bits per heavy atom. The first kappa shape index (κ1) is 11.6. The number of pyridine rings is 1. The molecule has 1 N–H and O–H groups in total. The minimum absolute atomic E-state index is 0.478. The Morgan fingerprint density at radius 2 is 2.25 bits per heavy atom. The number of nitrogens with one attached hydrogen (secondary N) is 1. The maximum Gasteiger partial charge on any atom is 0.0366 e. The van der Waals surface area contributed by atoms with E-state index in [1.807, 2.05) is 12.4 Å². The van der Waals surface area contributed by atoms with E-state index in [1.54, 1.807) is 0 Å². The van der Waals surface area contributed by atoms with Crippen LogP contribution in [0.15, 0.2) is 18.5 Å². The summed E-state index contributed by atoms with van der Waals surface area (Å²) < 4.78 is 0. The fourth-order valence-electron chi connectivity index (χ4n) is 2.49. The third kappa shape index (κ3) is 2.43. The molecule has 2 atom stereocenters. The van der Waals surface area contributed by atoms with Crippen LogP contribution in [0.2, 0.25) is 0 Å². The highest BCUT2D eigenvalue weighted by molar-refractivity contribution is 5.26. The molecule has 0 saturated heterocycles. The Morgan fingerprint density at radius 3 is 2.81 bits per heavy atom. The fourth-order valence-corrected chi connectivity index (χ4v) is 2.49. The van der Waals surface area contributed by atoms with Crippen molar-refractivity contribution >= 4 is 0 Å². The Hall–Kier alpha value is -0.890. The molecule has 0 bridgehead atoms. The molecule has 2 unspecified atom stereocenters. The molecule has 16 heavy (non-hydrogen) atoms. The van der Waals surface area contributed by atoms with Crippen LogP contribution in [0.4, 0.5) is 0 Å². The summed E-state index contributed by atoms with van der Waals surface area (Å²) in [6, 6.07) is 2.59. The van der Waals surface area contributed by atoms with Gasteiger partial charge >= 0.3 is 0 Å². The number of hydrogen-bond donors (Lipinski definition) is 1. The van der Waals surface area contributed by atoms with Crippen LogP contribution in [-0.4, -0.2) is 11.5 Å². The number of nitrogens with zero attached hydrogens (tertiary/aromatic N) is 1. The van der Waals surface area contributed by atoms with Gasteiger partial charge in [-0.15, -0.1) is 0 Å². The van der Waals surface area contributed by atoms with Crippen LogP contribution >= 0.6 is 0 Å². The zero-order valence-electron chi connectivity index (χ0n) is 10.5. The molecule has 1 aliphatic rings. The lowest BCUT2D eigenvalue weighted by atomic mass is 9.89. The van der Waals surface area contributed by atoms with Crippen molar-refractivity contribution in [1.29, 1.82) is 0 Å². The first-order valence-corrected chi connectivity index (χ1v) is 6.38. The van der Waals surface area contributed by atoms with Gasteiger partial charge in [0.15, 0.2) is 0 Å². The highest BCUT2D eigenvalue weighted by Crippen LogP contribution is 2.42. The monoisotopic (exact) mass is 218 g/mol. The standard InChI is InChI=1S/C14H22N2/c1-4-16-14(11(3)12-5-6-12)13-9-15-8-7-10(13)2/h7-9,11-12,14,16H,4-6H2,1-3H3. The van der Waals surface area contributed by atoms with E-state index in [0.29, 0.717) is 6.04 Å². The number of hydrogen-bond acceptors (Lipinski definition) is 2. The molecule has 88 valence electrons. The van der Waals surface area contributed by atoms with Crippen molar-refractivity contribution in [2.24, 2.45) is 11.8 Å². The quantitative estimate of drug-likeness (QED) is 0.821. The van der Waals surface area contributed by atoms with Crippen LogP contribution < -0.4 is 5.32 Å². The summed E-state index contributed by atoms with van der Waals surface area (Å²) in [6.45, 7) is 7.76. The average molecular weight is 218 g/mol. The maximum atomic E-state index is 4.27. The summed E-state index contributed by atoms with van der Waals surface area (Å²) in [6.07, 6.45) is 6.72. The highest BCUT2D eigenvalue weighted by atomic mass is 14.9. The second-order valence-electron chi connectivity index (χ2n) is 4.96. The van der Waals surface area contributed by atoms with E-state index >= 15 is 0 Å². The number of aryl methyl sites for hydroxylation is 1. The molecule has 0 radical (unpaired) electrons. The second kappa shape index (κ2) is 4.96. The minimum Gasteiger partial charge on any atom is -0.310 e. The molecule has 1 aromatic heterocycles. The molecule has 0 aromatic carbocycles. The van der Waals surface area contributed by atoms with Gasteiger partial charge in [-0.3, -0.25) is 4.98 Å². The third-order valence-corrected chi connectivity index (χ3v) is 3.73. The summed E-state index contributed by atoms with van der Waals surface area (Å²) >= 11 is 0. The summed E-state index contributed by atoms with van der Waals surface area (Å²) in [7, 11) is 0. The third-order valence-electron chi connectivity index (χ3n) is 3.73. The van der Waals surface area contributed by atoms with Crippen LogP contribution in [0.5, 0.6) is 0 Å². The Balaban J connectivity index is 2.20. The van der Waals surface area contributed by atoms with Gasteiger partial charge in [-0.1, -0.05) is 13.8 Å². The van der Waals surface area contributed by atoms with Gasteiger partial charge in [-0.05, 0) is 55.3 Å². The van der Waals surface area contributed by atoms with Crippen molar-refractivity contribution < 1.29 is 0 Å². The highest BCUT2D eigenvalue weighted by Gasteiger charge is 2.34. The van der Waals surface area contributed by atoms with Gasteiger partial charge in [0, 0.05) is 18.4 Å². The number of aromatic nitrogens is 1. The van der Waals surface area contributed by atoms with E-state index in [0.717, 1.165) is 18.4 Å². The first-order chi connectivity index (χ1) is 7.74. The van der Waals surface area contributed by atoms with E-state index in [2.05, 4.69) is 37.1 Å². The Labute approximate surface area is 98.5 Å². The normalized spacial score (nSPS) is 19.4. The van der Waals surface area contributed by atoms with E-state index in [4.69, 9.17) is 0 Å². The zero-order valence-corrected chi connectivity index (χ0v) is 10.5. The molecule has 2 rings (SSSR count). The van der Waals surface area contributed by atoms with Crippen LogP contribution in [0.3, 0.4) is 0 Å². The molecular formula is C14H22N2. The van der Waals surface area contributed by atoms with Gasteiger partial charge in [0.05, 0.1) is 0 Å². The molecule has 1 aromatic rings. The van der Waals surface area contributed by atoms with Crippen molar-refractivity contribution in [3.8, 4) is 0 Å². The molecular weight excluding hydrogens is 196 g/mol. The Kier molecular flexibility index (Phi) is 3.59. The molecule has 1 fully saturated rings. The van der Waals surface area contributed by atoms with Crippen LogP contribution in [0, 0.1) is 18.8 Å². The minimum atomic E-state index is 0.478. The average Bonchev–Trinajstić information content (AvgIpc) is 3.10. The summed E-state index contributed by atoms with van der Waals surface area (Å²) in [4.78, 5) is 4.27. The van der Waals surface area contributed by atoms with E-state index in [1.165, 1.54) is 24.0 Å². The number of rotatable bonds is 5. The molecule has 1 aliphatic carbocycles. The van der Waals surface area contributed by atoms with Crippen molar-refractivity contribution in [2.75, 3.05) is 6.54 Å². The molecule has 0 spiro atoms. The molecule has 0 aliphatic heterocycles. The van der Waals surface area contributed by atoms with Crippen molar-refractivity contribution in [1.82, 2.24) is 10.3 Å². The summed E-state index contributed by atoms with van der Waals surface area (Å²) in [5.41, 5.74) is 2.73. The predicted molar refractivity (Wildman–Crippen MR) is 67.3 cm³/mol. The van der Waals surface area contributed by atoms with Crippen molar-refractivity contribution in [3.63, 3.8) is 0 Å². The Bertz CT molecular complexity index is 344. The lowest BCUT2D eigenvalue weighted by Crippen LogP contribution is -2.28. The lowest BCUT2D eigenvalue weighted by molar-refractivity contribution is 0.353. The topological polar surface area (TPSA) is 24.9 Å². The molecule has 1 heterocycles. The van der Waals surface area contributed by atoms with Gasteiger partial charge in [0.2, 0.25) is 0 Å². The van der Waals surface area contributed by atoms with E-state index < -0.39 is 0 Å².